The van der Waals surface area contributed by atoms with Crippen LogP contribution in [0.25, 0.3) is 0 Å². The highest BCUT2D eigenvalue weighted by Crippen LogP contribution is 2.26. The number of ether oxygens (including phenoxy) is 1. The lowest BCUT2D eigenvalue weighted by atomic mass is 10.1. The number of benzene rings is 1. The van der Waals surface area contributed by atoms with Crippen molar-refractivity contribution in [3.05, 3.63) is 24.3 Å². The second-order valence-corrected chi connectivity index (χ2v) is 6.06. The van der Waals surface area contributed by atoms with Crippen LogP contribution in [0.2, 0.25) is 0 Å². The van der Waals surface area contributed by atoms with Crippen molar-refractivity contribution < 1.29 is 9.53 Å². The number of esters is 1. The maximum absolute atomic E-state index is 12.0. The van der Waals surface area contributed by atoms with Gasteiger partial charge in [-0.2, -0.15) is 0 Å². The quantitative estimate of drug-likeness (QED) is 0.657. The Hall–Kier alpha value is -1.71. The van der Waals surface area contributed by atoms with Crippen LogP contribution in [0.5, 0.6) is 0 Å². The van der Waals surface area contributed by atoms with E-state index in [0.717, 1.165) is 30.9 Å². The Balaban J connectivity index is 1.96. The van der Waals surface area contributed by atoms with E-state index < -0.39 is 5.60 Å². The molecule has 104 valence electrons. The van der Waals surface area contributed by atoms with Crippen molar-refractivity contribution in [1.82, 2.24) is 0 Å². The van der Waals surface area contributed by atoms with Crippen molar-refractivity contribution in [2.45, 2.75) is 32.8 Å². The second kappa shape index (κ2) is 5.11. The molecule has 0 saturated carbocycles. The van der Waals surface area contributed by atoms with Crippen molar-refractivity contribution in [3.63, 3.8) is 0 Å². The smallest absolute Gasteiger partial charge is 0.311 e. The first-order chi connectivity index (χ1) is 8.85. The molecule has 1 atom stereocenters. The van der Waals surface area contributed by atoms with Gasteiger partial charge < -0.3 is 15.4 Å². The van der Waals surface area contributed by atoms with Gasteiger partial charge >= 0.3 is 5.97 Å². The average molecular weight is 262 g/mol. The molecule has 2 rings (SSSR count). The summed E-state index contributed by atoms with van der Waals surface area (Å²) in [5.74, 6) is -0.123. The lowest BCUT2D eigenvalue weighted by Crippen LogP contribution is -2.30. The Morgan fingerprint density at radius 2 is 1.95 bits per heavy atom. The Kier molecular flexibility index (Phi) is 3.69. The molecule has 1 aliphatic rings. The third kappa shape index (κ3) is 3.63. The number of nitrogen functional groups attached to an aromatic ring is 1. The molecule has 1 aliphatic heterocycles. The topological polar surface area (TPSA) is 55.6 Å². The number of nitrogens with zero attached hydrogens (tertiary/aromatic N) is 1. The van der Waals surface area contributed by atoms with E-state index in [9.17, 15) is 4.79 Å². The number of anilines is 2. The Morgan fingerprint density at radius 3 is 2.53 bits per heavy atom. The summed E-state index contributed by atoms with van der Waals surface area (Å²) in [6, 6.07) is 7.76. The average Bonchev–Trinajstić information content (AvgIpc) is 2.77. The molecule has 0 amide bonds. The van der Waals surface area contributed by atoms with Gasteiger partial charge in [0.1, 0.15) is 5.60 Å². The molecule has 0 spiro atoms. The van der Waals surface area contributed by atoms with Crippen LogP contribution < -0.4 is 10.6 Å². The fourth-order valence-electron chi connectivity index (χ4n) is 2.26. The number of carbonyl (C=O) groups is 1. The highest BCUT2D eigenvalue weighted by Gasteiger charge is 2.31. The third-order valence-corrected chi connectivity index (χ3v) is 3.19. The minimum Gasteiger partial charge on any atom is -0.460 e. The summed E-state index contributed by atoms with van der Waals surface area (Å²) in [4.78, 5) is 14.2. The van der Waals surface area contributed by atoms with Gasteiger partial charge in [-0.25, -0.2) is 0 Å². The lowest BCUT2D eigenvalue weighted by molar-refractivity contribution is -0.159. The minimum atomic E-state index is -0.411. The summed E-state index contributed by atoms with van der Waals surface area (Å²) >= 11 is 0. The van der Waals surface area contributed by atoms with Crippen LogP contribution in [0.15, 0.2) is 24.3 Å². The van der Waals surface area contributed by atoms with Crippen LogP contribution in [0.4, 0.5) is 11.4 Å². The van der Waals surface area contributed by atoms with Gasteiger partial charge in [0, 0.05) is 24.5 Å². The van der Waals surface area contributed by atoms with Gasteiger partial charge in [0.25, 0.3) is 0 Å². The molecule has 4 nitrogen and oxygen atoms in total. The summed E-state index contributed by atoms with van der Waals surface area (Å²) in [5.41, 5.74) is 7.13. The summed E-state index contributed by atoms with van der Waals surface area (Å²) in [7, 11) is 0. The highest BCUT2D eigenvalue weighted by atomic mass is 16.6. The summed E-state index contributed by atoms with van der Waals surface area (Å²) in [6.07, 6.45) is 0.847. The van der Waals surface area contributed by atoms with E-state index in [0.29, 0.717) is 0 Å². The van der Waals surface area contributed by atoms with E-state index >= 15 is 0 Å². The first-order valence-corrected chi connectivity index (χ1v) is 6.68. The Bertz CT molecular complexity index is 448. The van der Waals surface area contributed by atoms with Crippen LogP contribution in [-0.2, 0) is 9.53 Å². The lowest BCUT2D eigenvalue weighted by Gasteiger charge is -2.22. The van der Waals surface area contributed by atoms with Crippen molar-refractivity contribution in [3.8, 4) is 0 Å². The largest absolute Gasteiger partial charge is 0.460 e. The standard InChI is InChI=1S/C15H22N2O2/c1-15(2,3)19-14(18)11-8-9-17(10-11)13-6-4-12(16)5-7-13/h4-7,11H,8-10,16H2,1-3H3. The molecular formula is C15H22N2O2. The fourth-order valence-corrected chi connectivity index (χ4v) is 2.26. The first-order valence-electron chi connectivity index (χ1n) is 6.68. The molecule has 2 N–H and O–H groups in total. The molecule has 1 fully saturated rings. The molecule has 0 radical (unpaired) electrons. The van der Waals surface area contributed by atoms with E-state index in [1.54, 1.807) is 0 Å². The van der Waals surface area contributed by atoms with Crippen molar-refractivity contribution in [2.24, 2.45) is 5.92 Å². The number of carbonyl (C=O) groups excluding carboxylic acids is 1. The van der Waals surface area contributed by atoms with Gasteiger partial charge in [-0.15, -0.1) is 0 Å². The van der Waals surface area contributed by atoms with Crippen molar-refractivity contribution in [1.29, 1.82) is 0 Å². The fraction of sp³-hybridized carbons (Fsp3) is 0.533. The van der Waals surface area contributed by atoms with Crippen LogP contribution in [0.1, 0.15) is 27.2 Å². The van der Waals surface area contributed by atoms with Crippen molar-refractivity contribution in [2.75, 3.05) is 23.7 Å². The van der Waals surface area contributed by atoms with Crippen molar-refractivity contribution >= 4 is 17.3 Å². The maximum atomic E-state index is 12.0. The zero-order valence-electron chi connectivity index (χ0n) is 11.8. The van der Waals surface area contributed by atoms with Gasteiger partial charge in [-0.05, 0) is 51.5 Å². The van der Waals surface area contributed by atoms with Gasteiger partial charge in [0.15, 0.2) is 0 Å². The molecule has 0 bridgehead atoms. The van der Waals surface area contributed by atoms with Crippen LogP contribution in [0.3, 0.4) is 0 Å². The summed E-state index contributed by atoms with van der Waals surface area (Å²) < 4.78 is 5.44. The van der Waals surface area contributed by atoms with E-state index in [1.165, 1.54) is 0 Å². The van der Waals surface area contributed by atoms with E-state index in [2.05, 4.69) is 4.90 Å². The van der Waals surface area contributed by atoms with Gasteiger partial charge in [-0.1, -0.05) is 0 Å². The van der Waals surface area contributed by atoms with Gasteiger partial charge in [-0.3, -0.25) is 4.79 Å². The maximum Gasteiger partial charge on any atom is 0.311 e. The van der Waals surface area contributed by atoms with Gasteiger partial charge in [0.2, 0.25) is 0 Å². The van der Waals surface area contributed by atoms with Gasteiger partial charge in [0.05, 0.1) is 5.92 Å². The van der Waals surface area contributed by atoms with E-state index in [4.69, 9.17) is 10.5 Å². The van der Waals surface area contributed by atoms with E-state index in [1.807, 2.05) is 45.0 Å². The van der Waals surface area contributed by atoms with Crippen LogP contribution in [0, 0.1) is 5.92 Å². The monoisotopic (exact) mass is 262 g/mol. The number of nitrogens with two attached hydrogens (primary N) is 1. The highest BCUT2D eigenvalue weighted by molar-refractivity contribution is 5.74. The molecule has 1 saturated heterocycles. The molecule has 1 unspecified atom stereocenters. The Labute approximate surface area is 114 Å². The third-order valence-electron chi connectivity index (χ3n) is 3.19. The summed E-state index contributed by atoms with van der Waals surface area (Å²) in [6.45, 7) is 7.30. The molecular weight excluding hydrogens is 240 g/mol. The predicted molar refractivity (Wildman–Crippen MR) is 77.0 cm³/mol. The molecule has 0 aromatic heterocycles. The van der Waals surface area contributed by atoms with E-state index in [-0.39, 0.29) is 11.9 Å². The second-order valence-electron chi connectivity index (χ2n) is 6.06. The zero-order chi connectivity index (χ0) is 14.0. The molecule has 19 heavy (non-hydrogen) atoms. The van der Waals surface area contributed by atoms with Crippen LogP contribution in [-0.4, -0.2) is 24.7 Å². The first kappa shape index (κ1) is 13.7. The number of hydrogen-bond donors (Lipinski definition) is 1. The number of hydrogen-bond acceptors (Lipinski definition) is 4. The molecule has 1 heterocycles. The Morgan fingerprint density at radius 1 is 1.32 bits per heavy atom. The minimum absolute atomic E-state index is 0.0308. The number of rotatable bonds is 2. The normalized spacial score (nSPS) is 19.5. The summed E-state index contributed by atoms with van der Waals surface area (Å²) in [5, 5.41) is 0. The predicted octanol–water partition coefficient (Wildman–Crippen LogP) is 2.44. The molecule has 1 aromatic carbocycles. The molecule has 4 heteroatoms. The molecule has 0 aliphatic carbocycles. The van der Waals surface area contributed by atoms with Crippen LogP contribution >= 0.6 is 0 Å². The SMILES string of the molecule is CC(C)(C)OC(=O)C1CCN(c2ccc(N)cc2)C1. The molecule has 1 aromatic rings. The zero-order valence-corrected chi connectivity index (χ0v) is 11.8.